The number of sulfonamides is 1. The molecule has 0 amide bonds. The van der Waals surface area contributed by atoms with Crippen molar-refractivity contribution in [2.45, 2.75) is 13.0 Å². The number of hydrogen-bond donors (Lipinski definition) is 1. The highest BCUT2D eigenvalue weighted by atomic mass is 32.2. The van der Waals surface area contributed by atoms with E-state index >= 15 is 0 Å². The number of nitrogens with one attached hydrogen (secondary N) is 1. The number of morpholine rings is 1. The second kappa shape index (κ2) is 5.40. The van der Waals surface area contributed by atoms with Gasteiger partial charge in [-0.05, 0) is 6.92 Å². The summed E-state index contributed by atoms with van der Waals surface area (Å²) in [6.07, 6.45) is 1.19. The maximum Gasteiger partial charge on any atom is 0.212 e. The molecular formula is C11H18N4O3S. The molecular weight excluding hydrogens is 268 g/mol. The van der Waals surface area contributed by atoms with Crippen LogP contribution in [0, 0.1) is 6.92 Å². The summed E-state index contributed by atoms with van der Waals surface area (Å²) < 4.78 is 30.4. The lowest BCUT2D eigenvalue weighted by atomic mass is 10.2. The third-order valence-corrected chi connectivity index (χ3v) is 4.22. The summed E-state index contributed by atoms with van der Waals surface area (Å²) >= 11 is 0. The molecule has 1 aliphatic rings. The molecule has 0 spiro atoms. The van der Waals surface area contributed by atoms with E-state index in [1.54, 1.807) is 13.1 Å². The van der Waals surface area contributed by atoms with Crippen LogP contribution < -0.4 is 5.32 Å². The van der Waals surface area contributed by atoms with Crippen LogP contribution in [0.3, 0.4) is 0 Å². The SMILES string of the molecule is CNc1cc(C)nc([C@@H]2COCCN2S(C)(=O)=O)n1. The van der Waals surface area contributed by atoms with Crippen molar-refractivity contribution in [2.24, 2.45) is 0 Å². The Kier molecular flexibility index (Phi) is 4.02. The predicted octanol–water partition coefficient (Wildman–Crippen LogP) is 0.160. The van der Waals surface area contributed by atoms with Crippen molar-refractivity contribution in [1.29, 1.82) is 0 Å². The van der Waals surface area contributed by atoms with Crippen molar-refractivity contribution in [3.8, 4) is 0 Å². The third kappa shape index (κ3) is 3.20. The molecule has 0 aliphatic carbocycles. The van der Waals surface area contributed by atoms with Crippen molar-refractivity contribution in [3.63, 3.8) is 0 Å². The van der Waals surface area contributed by atoms with Crippen LogP contribution in [0.5, 0.6) is 0 Å². The molecule has 0 aromatic carbocycles. The summed E-state index contributed by atoms with van der Waals surface area (Å²) in [5, 5.41) is 2.94. The van der Waals surface area contributed by atoms with E-state index in [9.17, 15) is 8.42 Å². The Morgan fingerprint density at radius 1 is 1.47 bits per heavy atom. The first-order valence-corrected chi connectivity index (χ1v) is 7.84. The van der Waals surface area contributed by atoms with Crippen molar-refractivity contribution in [1.82, 2.24) is 14.3 Å². The van der Waals surface area contributed by atoms with Gasteiger partial charge in [0.25, 0.3) is 0 Å². The molecule has 0 radical (unpaired) electrons. The van der Waals surface area contributed by atoms with Crippen LogP contribution in [0.2, 0.25) is 0 Å². The molecule has 0 saturated carbocycles. The zero-order valence-corrected chi connectivity index (χ0v) is 12.1. The molecule has 2 rings (SSSR count). The molecule has 1 aliphatic heterocycles. The van der Waals surface area contributed by atoms with E-state index in [0.717, 1.165) is 5.69 Å². The van der Waals surface area contributed by atoms with Gasteiger partial charge in [0.2, 0.25) is 10.0 Å². The largest absolute Gasteiger partial charge is 0.378 e. The molecule has 1 aromatic rings. The number of anilines is 1. The normalized spacial score (nSPS) is 21.3. The van der Waals surface area contributed by atoms with Gasteiger partial charge in [-0.1, -0.05) is 0 Å². The number of nitrogens with zero attached hydrogens (tertiary/aromatic N) is 3. The molecule has 0 bridgehead atoms. The van der Waals surface area contributed by atoms with E-state index < -0.39 is 16.1 Å². The number of ether oxygens (including phenoxy) is 1. The zero-order chi connectivity index (χ0) is 14.0. The number of hydrogen-bond acceptors (Lipinski definition) is 6. The number of aromatic nitrogens is 2. The maximum atomic E-state index is 11.8. The van der Waals surface area contributed by atoms with Gasteiger partial charge in [-0.25, -0.2) is 18.4 Å². The minimum absolute atomic E-state index is 0.277. The maximum absolute atomic E-state index is 11.8. The lowest BCUT2D eigenvalue weighted by Crippen LogP contribution is -2.43. The van der Waals surface area contributed by atoms with Crippen molar-refractivity contribution >= 4 is 15.8 Å². The van der Waals surface area contributed by atoms with E-state index in [-0.39, 0.29) is 6.61 Å². The first kappa shape index (κ1) is 14.2. The standard InChI is InChI=1S/C11H18N4O3S/c1-8-6-10(12-2)14-11(13-8)9-7-18-5-4-15(9)19(3,16)17/h6,9H,4-5,7H2,1-3H3,(H,12,13,14)/t9-/m0/s1. The van der Waals surface area contributed by atoms with Gasteiger partial charge in [0, 0.05) is 25.4 Å². The van der Waals surface area contributed by atoms with Crippen LogP contribution in [0.1, 0.15) is 17.6 Å². The van der Waals surface area contributed by atoms with E-state index in [1.165, 1.54) is 10.6 Å². The van der Waals surface area contributed by atoms with Crippen molar-refractivity contribution < 1.29 is 13.2 Å². The molecule has 7 nitrogen and oxygen atoms in total. The second-order valence-corrected chi connectivity index (χ2v) is 6.40. The quantitative estimate of drug-likeness (QED) is 0.852. The van der Waals surface area contributed by atoms with Gasteiger partial charge in [-0.2, -0.15) is 4.31 Å². The Bertz CT molecular complexity index is 561. The molecule has 106 valence electrons. The molecule has 1 aromatic heterocycles. The Balaban J connectivity index is 2.40. The lowest BCUT2D eigenvalue weighted by molar-refractivity contribution is 0.0293. The highest BCUT2D eigenvalue weighted by molar-refractivity contribution is 7.88. The van der Waals surface area contributed by atoms with Crippen molar-refractivity contribution in [2.75, 3.05) is 38.4 Å². The van der Waals surface area contributed by atoms with E-state index in [0.29, 0.717) is 24.8 Å². The lowest BCUT2D eigenvalue weighted by Gasteiger charge is -2.32. The number of rotatable bonds is 3. The molecule has 1 fully saturated rings. The fraction of sp³-hybridized carbons (Fsp3) is 0.636. The van der Waals surface area contributed by atoms with Crippen LogP contribution in [0.4, 0.5) is 5.82 Å². The van der Waals surface area contributed by atoms with Crippen LogP contribution in [-0.2, 0) is 14.8 Å². The van der Waals surface area contributed by atoms with Gasteiger partial charge < -0.3 is 10.1 Å². The summed E-state index contributed by atoms with van der Waals surface area (Å²) in [5.74, 6) is 1.14. The van der Waals surface area contributed by atoms with Gasteiger partial charge in [0.15, 0.2) is 5.82 Å². The minimum Gasteiger partial charge on any atom is -0.378 e. The average molecular weight is 286 g/mol. The summed E-state index contributed by atoms with van der Waals surface area (Å²) in [4.78, 5) is 8.66. The van der Waals surface area contributed by atoms with E-state index in [2.05, 4.69) is 15.3 Å². The smallest absolute Gasteiger partial charge is 0.212 e. The number of aryl methyl sites for hydroxylation is 1. The fourth-order valence-electron chi connectivity index (χ4n) is 2.06. The van der Waals surface area contributed by atoms with E-state index in [4.69, 9.17) is 4.74 Å². The Labute approximate surface area is 113 Å². The van der Waals surface area contributed by atoms with Gasteiger partial charge in [0.05, 0.1) is 19.5 Å². The van der Waals surface area contributed by atoms with Gasteiger partial charge >= 0.3 is 0 Å². The highest BCUT2D eigenvalue weighted by Crippen LogP contribution is 2.25. The molecule has 1 saturated heterocycles. The zero-order valence-electron chi connectivity index (χ0n) is 11.3. The first-order valence-electron chi connectivity index (χ1n) is 5.99. The molecule has 19 heavy (non-hydrogen) atoms. The topological polar surface area (TPSA) is 84.4 Å². The predicted molar refractivity (Wildman–Crippen MR) is 71.4 cm³/mol. The van der Waals surface area contributed by atoms with Crippen LogP contribution >= 0.6 is 0 Å². The second-order valence-electron chi connectivity index (χ2n) is 4.47. The van der Waals surface area contributed by atoms with Crippen molar-refractivity contribution in [3.05, 3.63) is 17.6 Å². The molecule has 2 heterocycles. The van der Waals surface area contributed by atoms with Crippen LogP contribution in [0.25, 0.3) is 0 Å². The van der Waals surface area contributed by atoms with Crippen LogP contribution in [0.15, 0.2) is 6.07 Å². The molecule has 1 N–H and O–H groups in total. The molecule has 8 heteroatoms. The summed E-state index contributed by atoms with van der Waals surface area (Å²) in [6.45, 7) is 2.85. The Morgan fingerprint density at radius 2 is 2.21 bits per heavy atom. The average Bonchev–Trinajstić information content (AvgIpc) is 2.37. The minimum atomic E-state index is -3.30. The fourth-order valence-corrected chi connectivity index (χ4v) is 3.08. The summed E-state index contributed by atoms with van der Waals surface area (Å²) in [5.41, 5.74) is 0.786. The Morgan fingerprint density at radius 3 is 2.84 bits per heavy atom. The first-order chi connectivity index (χ1) is 8.91. The highest BCUT2D eigenvalue weighted by Gasteiger charge is 2.33. The summed E-state index contributed by atoms with van der Waals surface area (Å²) in [7, 11) is -1.54. The molecule has 1 atom stereocenters. The van der Waals surface area contributed by atoms with Gasteiger partial charge in [-0.15, -0.1) is 0 Å². The third-order valence-electron chi connectivity index (χ3n) is 2.93. The van der Waals surface area contributed by atoms with Gasteiger partial charge in [0.1, 0.15) is 11.9 Å². The summed E-state index contributed by atoms with van der Waals surface area (Å²) in [6, 6.07) is 1.34. The monoisotopic (exact) mass is 286 g/mol. The molecule has 0 unspecified atom stereocenters. The van der Waals surface area contributed by atoms with Crippen LogP contribution in [-0.4, -0.2) is 55.8 Å². The Hall–Kier alpha value is -1.25. The van der Waals surface area contributed by atoms with Gasteiger partial charge in [-0.3, -0.25) is 0 Å². The van der Waals surface area contributed by atoms with E-state index in [1.807, 2.05) is 6.92 Å².